The number of hydrogen-bond donors (Lipinski definition) is 2. The van der Waals surface area contributed by atoms with E-state index in [1.165, 1.54) is 17.9 Å². The molecule has 1 aromatic rings. The summed E-state index contributed by atoms with van der Waals surface area (Å²) in [5, 5.41) is 11.6. The van der Waals surface area contributed by atoms with E-state index in [0.29, 0.717) is 0 Å². The SMILES string of the molecule is O=C(NO)n1cccn1. The third-order valence-electron chi connectivity index (χ3n) is 0.808. The van der Waals surface area contributed by atoms with Gasteiger partial charge in [-0.3, -0.25) is 5.21 Å². The van der Waals surface area contributed by atoms with Crippen molar-refractivity contribution < 1.29 is 10.0 Å². The Balaban J connectivity index is 2.77. The van der Waals surface area contributed by atoms with Crippen molar-refractivity contribution in [3.8, 4) is 0 Å². The highest BCUT2D eigenvalue weighted by atomic mass is 16.5. The monoisotopic (exact) mass is 127 g/mol. The molecule has 0 unspecified atom stereocenters. The molecule has 0 aliphatic heterocycles. The second-order valence-corrected chi connectivity index (χ2v) is 1.37. The van der Waals surface area contributed by atoms with Crippen LogP contribution in [-0.4, -0.2) is 21.0 Å². The number of amides is 1. The van der Waals surface area contributed by atoms with Crippen LogP contribution in [0.2, 0.25) is 0 Å². The topological polar surface area (TPSA) is 67.2 Å². The van der Waals surface area contributed by atoms with Crippen LogP contribution in [0.1, 0.15) is 0 Å². The summed E-state index contributed by atoms with van der Waals surface area (Å²) in [7, 11) is 0. The van der Waals surface area contributed by atoms with E-state index in [-0.39, 0.29) is 0 Å². The van der Waals surface area contributed by atoms with Crippen LogP contribution >= 0.6 is 0 Å². The lowest BCUT2D eigenvalue weighted by Gasteiger charge is -1.93. The Kier molecular flexibility index (Phi) is 1.46. The van der Waals surface area contributed by atoms with Gasteiger partial charge >= 0.3 is 6.03 Å². The normalized spacial score (nSPS) is 9.00. The summed E-state index contributed by atoms with van der Waals surface area (Å²) in [4.78, 5) is 10.4. The quantitative estimate of drug-likeness (QED) is 0.375. The number of carbonyl (C=O) groups is 1. The average Bonchev–Trinajstić information content (AvgIpc) is 2.37. The molecule has 5 heteroatoms. The number of hydrogen-bond acceptors (Lipinski definition) is 3. The van der Waals surface area contributed by atoms with E-state index in [9.17, 15) is 4.79 Å². The molecule has 0 bridgehead atoms. The zero-order valence-electron chi connectivity index (χ0n) is 4.48. The van der Waals surface area contributed by atoms with Gasteiger partial charge in [-0.2, -0.15) is 9.78 Å². The van der Waals surface area contributed by atoms with Gasteiger partial charge in [-0.25, -0.2) is 10.3 Å². The van der Waals surface area contributed by atoms with Crippen LogP contribution in [-0.2, 0) is 0 Å². The Labute approximate surface area is 50.9 Å². The minimum atomic E-state index is -0.667. The highest BCUT2D eigenvalue weighted by Gasteiger charge is 1.98. The maximum atomic E-state index is 10.4. The fourth-order valence-electron chi connectivity index (χ4n) is 0.440. The maximum absolute atomic E-state index is 10.4. The predicted octanol–water partition coefficient (Wildman–Crippen LogP) is -0.170. The molecule has 0 aliphatic carbocycles. The lowest BCUT2D eigenvalue weighted by atomic mass is 10.7. The van der Waals surface area contributed by atoms with Gasteiger partial charge in [-0.05, 0) is 6.07 Å². The van der Waals surface area contributed by atoms with Crippen molar-refractivity contribution in [1.29, 1.82) is 0 Å². The minimum Gasteiger partial charge on any atom is -0.287 e. The molecule has 0 fully saturated rings. The minimum absolute atomic E-state index is 0.667. The highest BCUT2D eigenvalue weighted by molar-refractivity contribution is 5.74. The molecule has 0 spiro atoms. The molecule has 1 heterocycles. The first-order valence-electron chi connectivity index (χ1n) is 2.28. The van der Waals surface area contributed by atoms with Crippen molar-refractivity contribution in [2.45, 2.75) is 0 Å². The van der Waals surface area contributed by atoms with Crippen molar-refractivity contribution in [3.05, 3.63) is 18.5 Å². The Morgan fingerprint density at radius 2 is 2.56 bits per heavy atom. The molecule has 0 atom stereocenters. The van der Waals surface area contributed by atoms with Crippen LogP contribution < -0.4 is 5.48 Å². The molecule has 9 heavy (non-hydrogen) atoms. The van der Waals surface area contributed by atoms with Gasteiger partial charge < -0.3 is 0 Å². The molecule has 1 amide bonds. The van der Waals surface area contributed by atoms with Gasteiger partial charge in [0.25, 0.3) is 0 Å². The maximum Gasteiger partial charge on any atom is 0.365 e. The summed E-state index contributed by atoms with van der Waals surface area (Å²) in [5.74, 6) is 0. The van der Waals surface area contributed by atoms with Gasteiger partial charge in [0.05, 0.1) is 0 Å². The smallest absolute Gasteiger partial charge is 0.287 e. The number of nitrogens with zero attached hydrogens (tertiary/aromatic N) is 2. The average molecular weight is 127 g/mol. The molecule has 2 N–H and O–H groups in total. The van der Waals surface area contributed by atoms with Crippen LogP contribution in [0.4, 0.5) is 4.79 Å². The zero-order chi connectivity index (χ0) is 6.69. The van der Waals surface area contributed by atoms with Crippen LogP contribution in [0.3, 0.4) is 0 Å². The summed E-state index contributed by atoms with van der Waals surface area (Å²) in [6.07, 6.45) is 2.86. The molecule has 0 radical (unpaired) electrons. The molecule has 0 saturated heterocycles. The Bertz CT molecular complexity index is 194. The molecular weight excluding hydrogens is 122 g/mol. The molecular formula is C4H5N3O2. The number of nitrogens with one attached hydrogen (secondary N) is 1. The molecule has 5 nitrogen and oxygen atoms in total. The molecule has 1 aromatic heterocycles. The van der Waals surface area contributed by atoms with Crippen molar-refractivity contribution in [3.63, 3.8) is 0 Å². The summed E-state index contributed by atoms with van der Waals surface area (Å²) in [6.45, 7) is 0. The van der Waals surface area contributed by atoms with E-state index in [0.717, 1.165) is 4.68 Å². The van der Waals surface area contributed by atoms with Crippen molar-refractivity contribution in [1.82, 2.24) is 15.3 Å². The van der Waals surface area contributed by atoms with Crippen LogP contribution in [0.5, 0.6) is 0 Å². The second kappa shape index (κ2) is 2.27. The number of rotatable bonds is 0. The summed E-state index contributed by atoms with van der Waals surface area (Å²) in [5.41, 5.74) is 1.43. The number of aromatic nitrogens is 2. The highest BCUT2D eigenvalue weighted by Crippen LogP contribution is 1.80. The van der Waals surface area contributed by atoms with Gasteiger partial charge in [-0.15, -0.1) is 0 Å². The van der Waals surface area contributed by atoms with Crippen LogP contribution in [0, 0.1) is 0 Å². The standard InChI is InChI=1S/C4H5N3O2/c8-4(6-9)7-3-1-2-5-7/h1-3,9H,(H,6,8). The van der Waals surface area contributed by atoms with Crippen molar-refractivity contribution in [2.75, 3.05) is 0 Å². The third-order valence-corrected chi connectivity index (χ3v) is 0.808. The fourth-order valence-corrected chi connectivity index (χ4v) is 0.440. The largest absolute Gasteiger partial charge is 0.365 e. The van der Waals surface area contributed by atoms with E-state index in [2.05, 4.69) is 5.10 Å². The van der Waals surface area contributed by atoms with Gasteiger partial charge in [0, 0.05) is 12.4 Å². The number of carbonyl (C=O) groups excluding carboxylic acids is 1. The van der Waals surface area contributed by atoms with Gasteiger partial charge in [-0.1, -0.05) is 0 Å². The van der Waals surface area contributed by atoms with E-state index in [1.54, 1.807) is 6.07 Å². The fraction of sp³-hybridized carbons (Fsp3) is 0. The lowest BCUT2D eigenvalue weighted by Crippen LogP contribution is -2.25. The van der Waals surface area contributed by atoms with Gasteiger partial charge in [0.2, 0.25) is 0 Å². The molecule has 0 aliphatic rings. The Morgan fingerprint density at radius 3 is 3.00 bits per heavy atom. The van der Waals surface area contributed by atoms with Crippen molar-refractivity contribution >= 4 is 6.03 Å². The molecule has 0 saturated carbocycles. The first-order valence-corrected chi connectivity index (χ1v) is 2.28. The molecule has 48 valence electrons. The summed E-state index contributed by atoms with van der Waals surface area (Å²) < 4.78 is 0.972. The molecule has 0 aromatic carbocycles. The van der Waals surface area contributed by atoms with E-state index >= 15 is 0 Å². The van der Waals surface area contributed by atoms with Crippen molar-refractivity contribution in [2.24, 2.45) is 0 Å². The van der Waals surface area contributed by atoms with Crippen LogP contribution in [0.25, 0.3) is 0 Å². The van der Waals surface area contributed by atoms with E-state index in [1.807, 2.05) is 0 Å². The van der Waals surface area contributed by atoms with Crippen LogP contribution in [0.15, 0.2) is 18.5 Å². The first kappa shape index (κ1) is 5.77. The van der Waals surface area contributed by atoms with E-state index < -0.39 is 6.03 Å². The van der Waals surface area contributed by atoms with Gasteiger partial charge in [0.15, 0.2) is 0 Å². The predicted molar refractivity (Wildman–Crippen MR) is 27.9 cm³/mol. The Morgan fingerprint density at radius 1 is 1.78 bits per heavy atom. The zero-order valence-corrected chi connectivity index (χ0v) is 4.48. The third kappa shape index (κ3) is 1.06. The second-order valence-electron chi connectivity index (χ2n) is 1.37. The summed E-state index contributed by atoms with van der Waals surface area (Å²) in [6, 6.07) is 0.912. The van der Waals surface area contributed by atoms with Gasteiger partial charge in [0.1, 0.15) is 0 Å². The molecule has 1 rings (SSSR count). The number of hydroxylamine groups is 1. The van der Waals surface area contributed by atoms with E-state index in [4.69, 9.17) is 5.21 Å². The Hall–Kier alpha value is -1.36. The first-order chi connectivity index (χ1) is 4.34. The lowest BCUT2D eigenvalue weighted by molar-refractivity contribution is 0.160. The summed E-state index contributed by atoms with van der Waals surface area (Å²) >= 11 is 0.